The molecule has 5 heterocycles. The standard InChI is InChI=1S/C33H43N5O.C7H14O.C2H6O.C2H4O.C2H6.K/c1-2-25-7-3-8-26-9-4-10-30(31(25)26)36-19-13-27(14-20-36)32(37-21-28-11-12-29(22-37)35-28)34-24-39-23-33-15-5-17-38(33)18-6-16-33;1-3-5-7-8-6-4-2;1-3-2;1-2-3;1-2;/h3-4,7-10,24,28-29,35H,2,5-6,11-13,15-23H2,1H3;3H,1,4-7H2,2H3;1-2H3;2H,1H3;1-2H3;/q-2;;;;;+1/b34-32+;;;;;. The maximum atomic E-state index is 8.81. The van der Waals surface area contributed by atoms with Gasteiger partial charge in [0.2, 0.25) is 0 Å². The molecule has 0 aliphatic carbocycles. The van der Waals surface area contributed by atoms with Crippen LogP contribution in [0.3, 0.4) is 0 Å². The van der Waals surface area contributed by atoms with Crippen LogP contribution >= 0.6 is 0 Å². The van der Waals surface area contributed by atoms with Gasteiger partial charge >= 0.3 is 51.4 Å². The third-order valence-corrected chi connectivity index (χ3v) is 10.8. The van der Waals surface area contributed by atoms with E-state index in [1.54, 1.807) is 21.0 Å². The molecule has 0 radical (unpaired) electrons. The molecule has 0 aromatic heterocycles. The number of anilines is 1. The van der Waals surface area contributed by atoms with E-state index in [0.717, 1.165) is 83.8 Å². The number of nitrogens with zero attached hydrogens (tertiary/aromatic N) is 4. The summed E-state index contributed by atoms with van der Waals surface area (Å²) in [6, 6.07) is 14.6. The van der Waals surface area contributed by atoms with Gasteiger partial charge in [-0.05, 0) is 120 Å². The second kappa shape index (κ2) is 28.8. The number of aliphatic imine (C=N–C) groups is 1. The van der Waals surface area contributed by atoms with Crippen LogP contribution in [0.5, 0.6) is 0 Å². The number of piperazine rings is 1. The Kier molecular flexibility index (Phi) is 26.0. The fourth-order valence-corrected chi connectivity index (χ4v) is 8.43. The van der Waals surface area contributed by atoms with Crippen LogP contribution in [0.2, 0.25) is 0 Å². The molecule has 7 rings (SSSR count). The molecule has 56 heavy (non-hydrogen) atoms. The molecule has 4 saturated heterocycles. The number of amidine groups is 1. The Morgan fingerprint density at radius 1 is 1.04 bits per heavy atom. The van der Waals surface area contributed by atoms with E-state index in [2.05, 4.69) is 87.7 Å². The van der Waals surface area contributed by atoms with Crippen LogP contribution in [-0.2, 0) is 25.4 Å². The van der Waals surface area contributed by atoms with Gasteiger partial charge in [0.25, 0.3) is 0 Å². The molecule has 308 valence electrons. The molecule has 0 amide bonds. The van der Waals surface area contributed by atoms with Crippen molar-refractivity contribution in [2.45, 2.75) is 116 Å². The zero-order valence-corrected chi connectivity index (χ0v) is 39.5. The third-order valence-electron chi connectivity index (χ3n) is 10.8. The zero-order chi connectivity index (χ0) is 39.9. The van der Waals surface area contributed by atoms with Crippen molar-refractivity contribution in [3.63, 3.8) is 0 Å². The van der Waals surface area contributed by atoms with E-state index < -0.39 is 0 Å². The molecule has 4 fully saturated rings. The molecule has 2 unspecified atom stereocenters. The Labute approximate surface area is 383 Å². The van der Waals surface area contributed by atoms with E-state index in [9.17, 15) is 0 Å². The van der Waals surface area contributed by atoms with Gasteiger partial charge in [-0.25, -0.2) is 6.08 Å². The summed E-state index contributed by atoms with van der Waals surface area (Å²) in [4.78, 5) is 21.5. The molecule has 2 aromatic rings. The number of aryl methyl sites for hydroxylation is 1. The van der Waals surface area contributed by atoms with Gasteiger partial charge < -0.3 is 39.1 Å². The van der Waals surface area contributed by atoms with Gasteiger partial charge in [-0.1, -0.05) is 64.1 Å². The smallest absolute Gasteiger partial charge is 0.432 e. The molecule has 5 aliphatic heterocycles. The summed E-state index contributed by atoms with van der Waals surface area (Å²) in [5, 5.41) is 6.51. The first-order valence-electron chi connectivity index (χ1n) is 21.1. The summed E-state index contributed by atoms with van der Waals surface area (Å²) in [7, 11) is 3.25. The molecule has 0 spiro atoms. The number of carbonyl (C=O) groups is 1. The summed E-state index contributed by atoms with van der Waals surface area (Å²) in [5.74, 6) is 1.09. The van der Waals surface area contributed by atoms with E-state index in [1.165, 1.54) is 86.1 Å². The largest absolute Gasteiger partial charge is 1.00 e. The fourth-order valence-electron chi connectivity index (χ4n) is 8.43. The zero-order valence-electron chi connectivity index (χ0n) is 36.4. The Balaban J connectivity index is 0.000000549. The number of likely N-dealkylation sites (tertiary alicyclic amines) is 1. The number of ether oxygens (including phenoxy) is 3. The van der Waals surface area contributed by atoms with Gasteiger partial charge in [0.1, 0.15) is 6.29 Å². The van der Waals surface area contributed by atoms with Gasteiger partial charge in [-0.3, -0.25) is 4.90 Å². The van der Waals surface area contributed by atoms with Crippen LogP contribution < -0.4 is 61.6 Å². The van der Waals surface area contributed by atoms with Crippen LogP contribution in [0, 0.1) is 12.8 Å². The summed E-state index contributed by atoms with van der Waals surface area (Å²) in [5.41, 5.74) is 4.27. The molecule has 10 heteroatoms. The third kappa shape index (κ3) is 14.9. The predicted molar refractivity (Wildman–Crippen MR) is 231 cm³/mol. The number of aldehydes is 1. The average Bonchev–Trinajstić information content (AvgIpc) is 3.91. The van der Waals surface area contributed by atoms with Crippen LogP contribution in [0.15, 0.2) is 59.6 Å². The van der Waals surface area contributed by atoms with Crippen molar-refractivity contribution >= 4 is 28.6 Å². The summed E-state index contributed by atoms with van der Waals surface area (Å²) < 4.78 is 15.6. The number of hydrogen-bond acceptors (Lipinski definition) is 8. The second-order valence-electron chi connectivity index (χ2n) is 14.6. The molecule has 2 aromatic carbocycles. The predicted octanol–water partition coefficient (Wildman–Crippen LogP) is 5.43. The maximum Gasteiger partial charge on any atom is 1.00 e. The summed E-state index contributed by atoms with van der Waals surface area (Å²) in [6.45, 7) is 23.9. The SMILES string of the molecule is C=CCCOCCC.CC.CC=O.CCc1cccc2cccc(N3C[C-]=C(/C(=N\[CH-]OCC45CCCN4CCC5)N4CC5CCC(C4)N5)CC3)c12.COC.[K+]. The Morgan fingerprint density at radius 2 is 1.68 bits per heavy atom. The monoisotopic (exact) mass is 799 g/mol. The van der Waals surface area contributed by atoms with Crippen molar-refractivity contribution in [2.75, 3.05) is 78.2 Å². The number of carbonyl (C=O) groups excluding carboxylic acids is 1. The van der Waals surface area contributed by atoms with Gasteiger partial charge in [-0.2, -0.15) is 5.57 Å². The number of benzene rings is 2. The Hall–Kier alpha value is -1.57. The summed E-state index contributed by atoms with van der Waals surface area (Å²) >= 11 is 0. The number of hydrogen-bond donors (Lipinski definition) is 1. The van der Waals surface area contributed by atoms with E-state index >= 15 is 0 Å². The Bertz CT molecular complexity index is 1440. The topological polar surface area (TPSA) is 78.9 Å². The van der Waals surface area contributed by atoms with Crippen molar-refractivity contribution in [1.29, 1.82) is 0 Å². The van der Waals surface area contributed by atoms with Crippen LogP contribution in [-0.4, -0.2) is 113 Å². The van der Waals surface area contributed by atoms with Crippen LogP contribution in [0.4, 0.5) is 5.69 Å². The average molecular weight is 799 g/mol. The van der Waals surface area contributed by atoms with Gasteiger partial charge in [0, 0.05) is 75.8 Å². The van der Waals surface area contributed by atoms with E-state index in [0.29, 0.717) is 12.1 Å². The van der Waals surface area contributed by atoms with Crippen molar-refractivity contribution in [1.82, 2.24) is 15.1 Å². The van der Waals surface area contributed by atoms with Gasteiger partial charge in [0.15, 0.2) is 0 Å². The number of rotatable bonds is 12. The molecule has 1 N–H and O–H groups in total. The van der Waals surface area contributed by atoms with Crippen molar-refractivity contribution in [2.24, 2.45) is 4.99 Å². The van der Waals surface area contributed by atoms with Crippen molar-refractivity contribution in [3.8, 4) is 0 Å². The normalized spacial score (nSPS) is 20.6. The first-order valence-corrected chi connectivity index (χ1v) is 21.1. The minimum atomic E-state index is 0. The molecular formula is C46H73KN5O4-. The second-order valence-corrected chi connectivity index (χ2v) is 14.6. The molecule has 2 bridgehead atoms. The molecule has 0 saturated carbocycles. The minimum absolute atomic E-state index is 0. The van der Waals surface area contributed by atoms with Gasteiger partial charge in [0.05, 0.1) is 6.61 Å². The minimum Gasteiger partial charge on any atom is -0.432 e. The molecule has 5 aliphatic rings. The number of nitrogens with one attached hydrogen (secondary N) is 1. The first-order chi connectivity index (χ1) is 27.0. The van der Waals surface area contributed by atoms with E-state index in [4.69, 9.17) is 19.3 Å². The summed E-state index contributed by atoms with van der Waals surface area (Å²) in [6.07, 6.45) is 18.2. The molecular weight excluding hydrogens is 726 g/mol. The van der Waals surface area contributed by atoms with Gasteiger partial charge in [-0.15, -0.1) is 6.58 Å². The van der Waals surface area contributed by atoms with Crippen molar-refractivity contribution in [3.05, 3.63) is 73.0 Å². The fraction of sp³-hybridized carbons (Fsp3) is 0.630. The first kappa shape index (κ1) is 50.6. The molecule has 9 nitrogen and oxygen atoms in total. The van der Waals surface area contributed by atoms with Crippen molar-refractivity contribution < 1.29 is 70.4 Å². The number of methoxy groups -OCH3 is 1. The quantitative estimate of drug-likeness (QED) is 0.0581. The van der Waals surface area contributed by atoms with E-state index in [-0.39, 0.29) is 56.9 Å². The Morgan fingerprint density at radius 3 is 2.25 bits per heavy atom. The molecule has 2 atom stereocenters. The van der Waals surface area contributed by atoms with Crippen LogP contribution in [0.25, 0.3) is 10.8 Å². The number of fused-ring (bicyclic) bond motifs is 4. The maximum absolute atomic E-state index is 8.81. The van der Waals surface area contributed by atoms with E-state index in [1.807, 2.05) is 19.9 Å². The van der Waals surface area contributed by atoms with Crippen LogP contribution in [0.1, 0.15) is 98.0 Å².